The third-order valence-electron chi connectivity index (χ3n) is 3.31. The summed E-state index contributed by atoms with van der Waals surface area (Å²) in [6.45, 7) is 2.12. The van der Waals surface area contributed by atoms with Crippen LogP contribution in [0, 0.1) is 5.92 Å². The van der Waals surface area contributed by atoms with E-state index >= 15 is 0 Å². The quantitative estimate of drug-likeness (QED) is 0.719. The van der Waals surface area contributed by atoms with E-state index in [-0.39, 0.29) is 17.9 Å². The summed E-state index contributed by atoms with van der Waals surface area (Å²) in [7, 11) is 0. The summed E-state index contributed by atoms with van der Waals surface area (Å²) in [6, 6.07) is 2.98. The Morgan fingerprint density at radius 3 is 2.65 bits per heavy atom. The van der Waals surface area contributed by atoms with Gasteiger partial charge in [-0.05, 0) is 53.7 Å². The number of carbonyl (C=O) groups is 2. The molecule has 0 aromatic carbocycles. The molecule has 4 N–H and O–H groups in total. The van der Waals surface area contributed by atoms with Gasteiger partial charge in [0.15, 0.2) is 0 Å². The molecule has 2 rings (SSSR count). The highest BCUT2D eigenvalue weighted by Gasteiger charge is 2.32. The van der Waals surface area contributed by atoms with Crippen LogP contribution in [0.1, 0.15) is 29.4 Å². The van der Waals surface area contributed by atoms with Crippen LogP contribution in [-0.2, 0) is 4.79 Å². The Balaban J connectivity index is 1.85. The van der Waals surface area contributed by atoms with Crippen molar-refractivity contribution in [3.05, 3.63) is 20.8 Å². The minimum atomic E-state index is -0.573. The Morgan fingerprint density at radius 2 is 2.15 bits per heavy atom. The summed E-state index contributed by atoms with van der Waals surface area (Å²) in [5.41, 5.74) is 5.65. The zero-order valence-corrected chi connectivity index (χ0v) is 13.6. The van der Waals surface area contributed by atoms with Crippen molar-refractivity contribution in [3.8, 4) is 0 Å². The molecule has 1 aliphatic carbocycles. The second-order valence-electron chi connectivity index (χ2n) is 4.99. The van der Waals surface area contributed by atoms with Crippen molar-refractivity contribution in [2.45, 2.75) is 31.8 Å². The van der Waals surface area contributed by atoms with Crippen LogP contribution in [0.25, 0.3) is 0 Å². The first-order valence-electron chi connectivity index (χ1n) is 6.58. The number of thiophene rings is 1. The average Bonchev–Trinajstić information content (AvgIpc) is 3.16. The van der Waals surface area contributed by atoms with E-state index in [2.05, 4.69) is 26.6 Å². The third-order valence-corrected chi connectivity index (χ3v) is 4.93. The van der Waals surface area contributed by atoms with Crippen LogP contribution in [-0.4, -0.2) is 30.4 Å². The summed E-state index contributed by atoms with van der Waals surface area (Å²) >= 11 is 4.64. The minimum absolute atomic E-state index is 0.0257. The number of carbonyl (C=O) groups excluding carboxylic acids is 2. The molecule has 1 fully saturated rings. The third kappa shape index (κ3) is 4.04. The maximum absolute atomic E-state index is 12.0. The largest absolute Gasteiger partial charge is 0.350 e. The number of amides is 2. The van der Waals surface area contributed by atoms with Crippen molar-refractivity contribution in [2.24, 2.45) is 11.7 Å². The molecule has 1 saturated carbocycles. The SMILES string of the molecule is CC(NC(=O)c1ccc(Br)s1)C(=O)NC(CN)C1CC1. The van der Waals surface area contributed by atoms with Gasteiger partial charge in [-0.15, -0.1) is 11.3 Å². The molecule has 0 aliphatic heterocycles. The molecule has 2 atom stereocenters. The smallest absolute Gasteiger partial charge is 0.262 e. The number of hydrogen-bond donors (Lipinski definition) is 3. The molecule has 110 valence electrons. The van der Waals surface area contributed by atoms with E-state index in [9.17, 15) is 9.59 Å². The highest BCUT2D eigenvalue weighted by Crippen LogP contribution is 2.32. The van der Waals surface area contributed by atoms with Crippen molar-refractivity contribution >= 4 is 39.1 Å². The molecule has 7 heteroatoms. The first kappa shape index (κ1) is 15.5. The topological polar surface area (TPSA) is 84.2 Å². The molecular weight excluding hydrogens is 342 g/mol. The summed E-state index contributed by atoms with van der Waals surface area (Å²) in [6.07, 6.45) is 2.23. The molecule has 1 heterocycles. The molecule has 2 unspecified atom stereocenters. The van der Waals surface area contributed by atoms with Gasteiger partial charge in [0.2, 0.25) is 5.91 Å². The van der Waals surface area contributed by atoms with Gasteiger partial charge < -0.3 is 16.4 Å². The Labute approximate surface area is 130 Å². The van der Waals surface area contributed by atoms with E-state index in [1.165, 1.54) is 11.3 Å². The average molecular weight is 360 g/mol. The number of rotatable bonds is 6. The molecular formula is C13H18BrN3O2S. The molecule has 0 bridgehead atoms. The Kier molecular flexibility index (Phi) is 5.17. The first-order chi connectivity index (χ1) is 9.51. The molecule has 0 spiro atoms. The van der Waals surface area contributed by atoms with Gasteiger partial charge in [-0.25, -0.2) is 0 Å². The molecule has 20 heavy (non-hydrogen) atoms. The fraction of sp³-hybridized carbons (Fsp3) is 0.538. The fourth-order valence-corrected chi connectivity index (χ4v) is 3.23. The monoisotopic (exact) mass is 359 g/mol. The maximum Gasteiger partial charge on any atom is 0.262 e. The van der Waals surface area contributed by atoms with E-state index < -0.39 is 6.04 Å². The van der Waals surface area contributed by atoms with E-state index in [1.54, 1.807) is 13.0 Å². The fourth-order valence-electron chi connectivity index (χ4n) is 1.95. The van der Waals surface area contributed by atoms with E-state index in [4.69, 9.17) is 5.73 Å². The summed E-state index contributed by atoms with van der Waals surface area (Å²) < 4.78 is 0.886. The number of nitrogens with two attached hydrogens (primary N) is 1. The van der Waals surface area contributed by atoms with Gasteiger partial charge >= 0.3 is 0 Å². The van der Waals surface area contributed by atoms with Gasteiger partial charge in [0, 0.05) is 12.6 Å². The van der Waals surface area contributed by atoms with Crippen molar-refractivity contribution in [1.82, 2.24) is 10.6 Å². The minimum Gasteiger partial charge on any atom is -0.350 e. The zero-order valence-electron chi connectivity index (χ0n) is 11.2. The molecule has 0 saturated heterocycles. The first-order valence-corrected chi connectivity index (χ1v) is 8.19. The molecule has 5 nitrogen and oxygen atoms in total. The van der Waals surface area contributed by atoms with Gasteiger partial charge in [-0.2, -0.15) is 0 Å². The van der Waals surface area contributed by atoms with Crippen LogP contribution in [0.4, 0.5) is 0 Å². The highest BCUT2D eigenvalue weighted by molar-refractivity contribution is 9.11. The van der Waals surface area contributed by atoms with Crippen molar-refractivity contribution in [1.29, 1.82) is 0 Å². The van der Waals surface area contributed by atoms with Crippen LogP contribution >= 0.6 is 27.3 Å². The summed E-state index contributed by atoms with van der Waals surface area (Å²) in [4.78, 5) is 24.6. The van der Waals surface area contributed by atoms with Crippen LogP contribution in [0.5, 0.6) is 0 Å². The standard InChI is InChI=1S/C13H18BrN3O2S/c1-7(12(18)17-9(6-15)8-2-3-8)16-13(19)10-4-5-11(14)20-10/h4-5,7-9H,2-3,6,15H2,1H3,(H,16,19)(H,17,18). The van der Waals surface area contributed by atoms with Gasteiger partial charge in [0.25, 0.3) is 5.91 Å². The lowest BCUT2D eigenvalue weighted by Gasteiger charge is -2.19. The van der Waals surface area contributed by atoms with E-state index in [0.717, 1.165) is 16.6 Å². The summed E-state index contributed by atoms with van der Waals surface area (Å²) in [5, 5.41) is 5.60. The molecule has 0 radical (unpaired) electrons. The lowest BCUT2D eigenvalue weighted by Crippen LogP contribution is -2.50. The van der Waals surface area contributed by atoms with Crippen LogP contribution in [0.15, 0.2) is 15.9 Å². The Morgan fingerprint density at radius 1 is 1.45 bits per heavy atom. The Bertz CT molecular complexity index is 502. The van der Waals surface area contributed by atoms with Gasteiger partial charge in [-0.3, -0.25) is 9.59 Å². The normalized spacial score (nSPS) is 17.4. The van der Waals surface area contributed by atoms with Crippen molar-refractivity contribution in [2.75, 3.05) is 6.54 Å². The number of hydrogen-bond acceptors (Lipinski definition) is 4. The lowest BCUT2D eigenvalue weighted by molar-refractivity contribution is -0.123. The maximum atomic E-state index is 12.0. The predicted octanol–water partition coefficient (Wildman–Crippen LogP) is 1.48. The second kappa shape index (κ2) is 6.69. The second-order valence-corrected chi connectivity index (χ2v) is 7.45. The van der Waals surface area contributed by atoms with Crippen LogP contribution in [0.2, 0.25) is 0 Å². The lowest BCUT2D eigenvalue weighted by atomic mass is 10.1. The highest BCUT2D eigenvalue weighted by atomic mass is 79.9. The summed E-state index contributed by atoms with van der Waals surface area (Å²) in [5.74, 6) is 0.0792. The molecule has 1 aromatic heterocycles. The van der Waals surface area contributed by atoms with Crippen molar-refractivity contribution in [3.63, 3.8) is 0 Å². The molecule has 1 aromatic rings. The van der Waals surface area contributed by atoms with Gasteiger partial charge in [-0.1, -0.05) is 0 Å². The van der Waals surface area contributed by atoms with Crippen LogP contribution < -0.4 is 16.4 Å². The van der Waals surface area contributed by atoms with E-state index in [1.807, 2.05) is 6.07 Å². The van der Waals surface area contributed by atoms with Crippen molar-refractivity contribution < 1.29 is 9.59 Å². The zero-order chi connectivity index (χ0) is 14.7. The number of nitrogens with one attached hydrogen (secondary N) is 2. The van der Waals surface area contributed by atoms with Crippen LogP contribution in [0.3, 0.4) is 0 Å². The predicted molar refractivity (Wildman–Crippen MR) is 82.7 cm³/mol. The Hall–Kier alpha value is -0.920. The van der Waals surface area contributed by atoms with Gasteiger partial charge in [0.1, 0.15) is 6.04 Å². The molecule has 1 aliphatic rings. The molecule has 2 amide bonds. The van der Waals surface area contributed by atoms with E-state index in [0.29, 0.717) is 17.3 Å². The number of halogens is 1. The van der Waals surface area contributed by atoms with Gasteiger partial charge in [0.05, 0.1) is 8.66 Å².